The first kappa shape index (κ1) is 21.6. The minimum Gasteiger partial charge on any atom is -0.469 e. The Labute approximate surface area is 193 Å². The van der Waals surface area contributed by atoms with E-state index in [0.717, 1.165) is 0 Å². The Morgan fingerprint density at radius 1 is 1.09 bits per heavy atom. The van der Waals surface area contributed by atoms with E-state index in [2.05, 4.69) is 15.6 Å². The molecule has 2 N–H and O–H groups in total. The van der Waals surface area contributed by atoms with Crippen LogP contribution in [0.5, 0.6) is 11.5 Å². The molecule has 7 nitrogen and oxygen atoms in total. The Hall–Kier alpha value is -3.62. The third kappa shape index (κ3) is 5.35. The number of hydrogen-bond donors (Lipinski definition) is 2. The number of carbonyl (C=O) groups is 2. The number of furan rings is 1. The molecular weight excluding hydrogens is 450 g/mol. The van der Waals surface area contributed by atoms with Crippen LogP contribution in [0.25, 0.3) is 0 Å². The van der Waals surface area contributed by atoms with Crippen LogP contribution in [-0.4, -0.2) is 16.8 Å². The number of rotatable bonds is 7. The maximum Gasteiger partial charge on any atom is 0.260 e. The summed E-state index contributed by atoms with van der Waals surface area (Å²) in [4.78, 5) is 28.9. The van der Waals surface area contributed by atoms with Gasteiger partial charge in [0, 0.05) is 11.1 Å². The van der Waals surface area contributed by atoms with Crippen molar-refractivity contribution in [2.45, 2.75) is 13.3 Å². The molecule has 9 heteroatoms. The largest absolute Gasteiger partial charge is 0.469 e. The fourth-order valence-electron chi connectivity index (χ4n) is 2.86. The molecule has 0 unspecified atom stereocenters. The summed E-state index contributed by atoms with van der Waals surface area (Å²) in [6, 6.07) is 15.8. The van der Waals surface area contributed by atoms with Crippen LogP contribution in [0, 0.1) is 6.92 Å². The lowest BCUT2D eigenvalue weighted by Gasteiger charge is -2.09. The summed E-state index contributed by atoms with van der Waals surface area (Å²) in [5, 5.41) is 8.20. The van der Waals surface area contributed by atoms with Crippen molar-refractivity contribution in [1.29, 1.82) is 0 Å². The van der Waals surface area contributed by atoms with Crippen molar-refractivity contribution in [2.75, 3.05) is 10.6 Å². The maximum absolute atomic E-state index is 12.4. The number of ether oxygens (including phenoxy) is 1. The fraction of sp³-hybridized carbons (Fsp3) is 0.0870. The van der Waals surface area contributed by atoms with Crippen LogP contribution in [0.3, 0.4) is 0 Å². The lowest BCUT2D eigenvalue weighted by atomic mass is 10.2. The van der Waals surface area contributed by atoms with E-state index < -0.39 is 0 Å². The van der Waals surface area contributed by atoms with Gasteiger partial charge in [-0.1, -0.05) is 23.7 Å². The lowest BCUT2D eigenvalue weighted by molar-refractivity contribution is -0.115. The Morgan fingerprint density at radius 2 is 1.88 bits per heavy atom. The van der Waals surface area contributed by atoms with Gasteiger partial charge in [0.05, 0.1) is 29.0 Å². The van der Waals surface area contributed by atoms with Gasteiger partial charge in [0.1, 0.15) is 17.3 Å². The summed E-state index contributed by atoms with van der Waals surface area (Å²) in [6.07, 6.45) is 1.53. The van der Waals surface area contributed by atoms with E-state index in [1.54, 1.807) is 54.8 Å². The molecule has 0 saturated heterocycles. The second kappa shape index (κ2) is 9.67. The maximum atomic E-state index is 12.4. The van der Waals surface area contributed by atoms with Gasteiger partial charge in [-0.05, 0) is 49.4 Å². The first-order chi connectivity index (χ1) is 15.5. The number of hydrogen-bond acceptors (Lipinski definition) is 6. The first-order valence-electron chi connectivity index (χ1n) is 9.60. The second-order valence-corrected chi connectivity index (χ2v) is 8.04. The van der Waals surface area contributed by atoms with Crippen molar-refractivity contribution in [2.24, 2.45) is 0 Å². The number of anilines is 2. The van der Waals surface area contributed by atoms with Gasteiger partial charge in [-0.2, -0.15) is 0 Å². The van der Waals surface area contributed by atoms with Gasteiger partial charge in [0.2, 0.25) is 5.91 Å². The predicted molar refractivity (Wildman–Crippen MR) is 124 cm³/mol. The van der Waals surface area contributed by atoms with Crippen LogP contribution in [0.15, 0.2) is 70.7 Å². The molecule has 0 aliphatic rings. The van der Waals surface area contributed by atoms with Gasteiger partial charge in [-0.15, -0.1) is 11.3 Å². The van der Waals surface area contributed by atoms with E-state index in [-0.39, 0.29) is 18.2 Å². The van der Waals surface area contributed by atoms with Gasteiger partial charge >= 0.3 is 0 Å². The Balaban J connectivity index is 1.31. The molecule has 0 bridgehead atoms. The molecule has 2 aromatic heterocycles. The number of aromatic nitrogens is 1. The molecule has 162 valence electrons. The first-order valence-corrected chi connectivity index (χ1v) is 10.9. The molecule has 2 aromatic carbocycles. The second-order valence-electron chi connectivity index (χ2n) is 6.77. The third-order valence-electron chi connectivity index (χ3n) is 4.42. The number of amides is 2. The molecule has 0 fully saturated rings. The van der Waals surface area contributed by atoms with Crippen molar-refractivity contribution in [3.05, 3.63) is 88.3 Å². The van der Waals surface area contributed by atoms with E-state index in [0.29, 0.717) is 44.4 Å². The highest BCUT2D eigenvalue weighted by Crippen LogP contribution is 2.29. The fourth-order valence-corrected chi connectivity index (χ4v) is 3.74. The summed E-state index contributed by atoms with van der Waals surface area (Å²) in [5.74, 6) is 1.16. The third-order valence-corrected chi connectivity index (χ3v) is 5.54. The van der Waals surface area contributed by atoms with Crippen LogP contribution in [0.1, 0.15) is 21.8 Å². The quantitative estimate of drug-likeness (QED) is 0.351. The number of nitrogens with one attached hydrogen (secondary N) is 2. The molecule has 0 radical (unpaired) electrons. The monoisotopic (exact) mass is 467 g/mol. The van der Waals surface area contributed by atoms with Crippen molar-refractivity contribution in [1.82, 2.24) is 4.98 Å². The number of carbonyl (C=O) groups excluding carboxylic acids is 2. The summed E-state index contributed by atoms with van der Waals surface area (Å²) in [7, 11) is 0. The van der Waals surface area contributed by atoms with Gasteiger partial charge in [0.25, 0.3) is 5.91 Å². The van der Waals surface area contributed by atoms with E-state index in [1.165, 1.54) is 17.6 Å². The average molecular weight is 468 g/mol. The molecule has 0 spiro atoms. The highest BCUT2D eigenvalue weighted by atomic mass is 35.5. The van der Waals surface area contributed by atoms with Crippen molar-refractivity contribution in [3.8, 4) is 11.5 Å². The SMILES string of the molecule is Cc1occc1C(=O)Nc1nc(CC(=O)Nc2ccc(Oc3ccccc3Cl)cc2)cs1. The highest BCUT2D eigenvalue weighted by molar-refractivity contribution is 7.14. The van der Waals surface area contributed by atoms with Gasteiger partial charge in [-0.25, -0.2) is 4.98 Å². The molecular formula is C23H18ClN3O4S. The smallest absolute Gasteiger partial charge is 0.260 e. The van der Waals surface area contributed by atoms with Gasteiger partial charge in [-0.3, -0.25) is 14.9 Å². The van der Waals surface area contributed by atoms with Crippen LogP contribution in [0.2, 0.25) is 5.02 Å². The lowest BCUT2D eigenvalue weighted by Crippen LogP contribution is -2.15. The van der Waals surface area contributed by atoms with Crippen LogP contribution in [0.4, 0.5) is 10.8 Å². The number of nitrogens with zero attached hydrogens (tertiary/aromatic N) is 1. The number of halogens is 1. The Kier molecular flexibility index (Phi) is 6.53. The van der Waals surface area contributed by atoms with Crippen molar-refractivity contribution in [3.63, 3.8) is 0 Å². The molecule has 0 saturated carbocycles. The molecule has 0 atom stereocenters. The number of thiazole rings is 1. The summed E-state index contributed by atoms with van der Waals surface area (Å²) >= 11 is 7.35. The number of aryl methyl sites for hydroxylation is 1. The minimum atomic E-state index is -0.305. The normalized spacial score (nSPS) is 10.6. The standard InChI is InChI=1S/C23H18ClN3O4S/c1-14-18(10-11-30-14)22(29)27-23-26-16(13-32-23)12-21(28)25-15-6-8-17(9-7-15)31-20-5-3-2-4-19(20)24/h2-11,13H,12H2,1H3,(H,25,28)(H,26,27,29). The summed E-state index contributed by atoms with van der Waals surface area (Å²) in [5.41, 5.74) is 1.63. The highest BCUT2D eigenvalue weighted by Gasteiger charge is 2.14. The van der Waals surface area contributed by atoms with E-state index in [9.17, 15) is 9.59 Å². The molecule has 0 aliphatic heterocycles. The topological polar surface area (TPSA) is 93.5 Å². The summed E-state index contributed by atoms with van der Waals surface area (Å²) in [6.45, 7) is 1.71. The van der Waals surface area contributed by atoms with Gasteiger partial charge < -0.3 is 14.5 Å². The molecule has 4 aromatic rings. The molecule has 2 heterocycles. The van der Waals surface area contributed by atoms with E-state index in [1.807, 2.05) is 12.1 Å². The zero-order valence-electron chi connectivity index (χ0n) is 16.9. The number of para-hydroxylation sites is 1. The minimum absolute atomic E-state index is 0.0784. The molecule has 4 rings (SSSR count). The average Bonchev–Trinajstić information content (AvgIpc) is 3.39. The van der Waals surface area contributed by atoms with Crippen molar-refractivity contribution >= 4 is 45.6 Å². The predicted octanol–water partition coefficient (Wildman–Crippen LogP) is 5.92. The zero-order valence-corrected chi connectivity index (χ0v) is 18.5. The van der Waals surface area contributed by atoms with E-state index in [4.69, 9.17) is 20.8 Å². The zero-order chi connectivity index (χ0) is 22.5. The van der Waals surface area contributed by atoms with E-state index >= 15 is 0 Å². The van der Waals surface area contributed by atoms with Crippen LogP contribution >= 0.6 is 22.9 Å². The van der Waals surface area contributed by atoms with Gasteiger partial charge in [0.15, 0.2) is 5.13 Å². The molecule has 2 amide bonds. The van der Waals surface area contributed by atoms with Crippen LogP contribution < -0.4 is 15.4 Å². The molecule has 0 aliphatic carbocycles. The van der Waals surface area contributed by atoms with Crippen molar-refractivity contribution < 1.29 is 18.7 Å². The molecule has 32 heavy (non-hydrogen) atoms. The Bertz CT molecular complexity index is 1250. The summed E-state index contributed by atoms with van der Waals surface area (Å²) < 4.78 is 10.9. The number of benzene rings is 2. The Morgan fingerprint density at radius 3 is 2.59 bits per heavy atom. The van der Waals surface area contributed by atoms with Crippen LogP contribution in [-0.2, 0) is 11.2 Å².